The van der Waals surface area contributed by atoms with Crippen molar-refractivity contribution in [1.82, 2.24) is 0 Å². The van der Waals surface area contributed by atoms with Crippen LogP contribution < -0.4 is 15.8 Å². The average Bonchev–Trinajstić information content (AvgIpc) is 2.83. The van der Waals surface area contributed by atoms with Crippen molar-refractivity contribution >= 4 is 22.7 Å². The van der Waals surface area contributed by atoms with Gasteiger partial charge in [0, 0.05) is 39.8 Å². The van der Waals surface area contributed by atoms with E-state index in [2.05, 4.69) is 24.4 Å². The minimum Gasteiger partial charge on any atom is -0.497 e. The van der Waals surface area contributed by atoms with E-state index in [4.69, 9.17) is 10.5 Å². The summed E-state index contributed by atoms with van der Waals surface area (Å²) in [5.74, 6) is 0.776. The molecule has 0 fully saturated rings. The topological polar surface area (TPSA) is 47.3 Å². The van der Waals surface area contributed by atoms with Crippen LogP contribution in [-0.2, 0) is 13.0 Å². The molecule has 0 amide bonds. The highest BCUT2D eigenvalue weighted by atomic mass is 32.1. The lowest BCUT2D eigenvalue weighted by Gasteiger charge is -2.08. The predicted octanol–water partition coefficient (Wildman–Crippen LogP) is 3.51. The lowest BCUT2D eigenvalue weighted by atomic mass is 10.2. The van der Waals surface area contributed by atoms with Crippen molar-refractivity contribution < 1.29 is 4.74 Å². The highest BCUT2D eigenvalue weighted by Gasteiger charge is 2.01. The Bertz CT molecular complexity index is 522. The van der Waals surface area contributed by atoms with Crippen LogP contribution >= 0.6 is 11.3 Å². The van der Waals surface area contributed by atoms with E-state index in [9.17, 15) is 0 Å². The molecule has 0 saturated carbocycles. The Hall–Kier alpha value is -1.68. The summed E-state index contributed by atoms with van der Waals surface area (Å²) in [5, 5.41) is 3.36. The third-order valence-corrected chi connectivity index (χ3v) is 3.93. The number of aryl methyl sites for hydroxylation is 1. The maximum atomic E-state index is 5.81. The standard InChI is InChI=1S/C14H18N2OS/c1-3-13-4-5-14(18-13)9-16-11-6-10(15)7-12(8-11)17-2/h4-8,16H,3,9,15H2,1-2H3. The van der Waals surface area contributed by atoms with Crippen LogP contribution in [0.3, 0.4) is 0 Å². The normalized spacial score (nSPS) is 10.3. The van der Waals surface area contributed by atoms with Gasteiger partial charge in [0.05, 0.1) is 7.11 Å². The smallest absolute Gasteiger partial charge is 0.122 e. The van der Waals surface area contributed by atoms with Crippen LogP contribution in [0.5, 0.6) is 5.75 Å². The lowest BCUT2D eigenvalue weighted by Crippen LogP contribution is -1.99. The number of benzene rings is 1. The summed E-state index contributed by atoms with van der Waals surface area (Å²) in [6, 6.07) is 10.0. The zero-order chi connectivity index (χ0) is 13.0. The van der Waals surface area contributed by atoms with Crippen molar-refractivity contribution in [3.05, 3.63) is 40.1 Å². The second-order valence-electron chi connectivity index (χ2n) is 4.07. The Kier molecular flexibility index (Phi) is 4.10. The SMILES string of the molecule is CCc1ccc(CNc2cc(N)cc(OC)c2)s1. The molecule has 4 heteroatoms. The molecule has 0 atom stereocenters. The molecule has 0 radical (unpaired) electrons. The summed E-state index contributed by atoms with van der Waals surface area (Å²) >= 11 is 1.84. The summed E-state index contributed by atoms with van der Waals surface area (Å²) in [5.41, 5.74) is 7.50. The van der Waals surface area contributed by atoms with Crippen molar-refractivity contribution in [2.45, 2.75) is 19.9 Å². The van der Waals surface area contributed by atoms with Crippen molar-refractivity contribution in [1.29, 1.82) is 0 Å². The molecule has 0 unspecified atom stereocenters. The number of anilines is 2. The van der Waals surface area contributed by atoms with Gasteiger partial charge in [0.15, 0.2) is 0 Å². The number of hydrogen-bond donors (Lipinski definition) is 2. The molecule has 1 aromatic heterocycles. The van der Waals surface area contributed by atoms with Gasteiger partial charge in [-0.2, -0.15) is 0 Å². The molecule has 3 nitrogen and oxygen atoms in total. The number of rotatable bonds is 5. The molecule has 0 aliphatic rings. The first-order valence-electron chi connectivity index (χ1n) is 5.97. The Morgan fingerprint density at radius 3 is 2.67 bits per heavy atom. The first-order valence-corrected chi connectivity index (χ1v) is 6.79. The molecule has 0 saturated heterocycles. The first kappa shape index (κ1) is 12.8. The highest BCUT2D eigenvalue weighted by Crippen LogP contribution is 2.24. The molecule has 0 spiro atoms. The van der Waals surface area contributed by atoms with Gasteiger partial charge in [-0.25, -0.2) is 0 Å². The van der Waals surface area contributed by atoms with Crippen LogP contribution in [0.25, 0.3) is 0 Å². The fourth-order valence-corrected chi connectivity index (χ4v) is 2.64. The van der Waals surface area contributed by atoms with Crippen molar-refractivity contribution in [2.75, 3.05) is 18.2 Å². The number of thiophene rings is 1. The van der Waals surface area contributed by atoms with E-state index in [1.54, 1.807) is 7.11 Å². The zero-order valence-electron chi connectivity index (χ0n) is 10.7. The molecule has 18 heavy (non-hydrogen) atoms. The van der Waals surface area contributed by atoms with E-state index >= 15 is 0 Å². The fraction of sp³-hybridized carbons (Fsp3) is 0.286. The number of nitrogens with two attached hydrogens (primary N) is 1. The van der Waals surface area contributed by atoms with Gasteiger partial charge in [-0.1, -0.05) is 6.92 Å². The second kappa shape index (κ2) is 5.78. The summed E-state index contributed by atoms with van der Waals surface area (Å²) in [4.78, 5) is 2.74. The largest absolute Gasteiger partial charge is 0.497 e. The minimum atomic E-state index is 0.706. The Morgan fingerprint density at radius 1 is 1.22 bits per heavy atom. The number of nitrogens with one attached hydrogen (secondary N) is 1. The Labute approximate surface area is 112 Å². The summed E-state index contributed by atoms with van der Waals surface area (Å²) < 4.78 is 5.19. The number of methoxy groups -OCH3 is 1. The molecule has 1 heterocycles. The van der Waals surface area contributed by atoms with Crippen LogP contribution in [-0.4, -0.2) is 7.11 Å². The van der Waals surface area contributed by atoms with Crippen LogP contribution in [0, 0.1) is 0 Å². The number of hydrogen-bond acceptors (Lipinski definition) is 4. The molecule has 2 aromatic rings. The summed E-state index contributed by atoms with van der Waals surface area (Å²) in [6.07, 6.45) is 1.09. The van der Waals surface area contributed by atoms with Gasteiger partial charge in [-0.3, -0.25) is 0 Å². The van der Waals surface area contributed by atoms with Gasteiger partial charge in [0.2, 0.25) is 0 Å². The van der Waals surface area contributed by atoms with Crippen LogP contribution in [0.4, 0.5) is 11.4 Å². The quantitative estimate of drug-likeness (QED) is 0.811. The number of ether oxygens (including phenoxy) is 1. The van der Waals surface area contributed by atoms with E-state index in [0.717, 1.165) is 24.4 Å². The van der Waals surface area contributed by atoms with Crippen LogP contribution in [0.1, 0.15) is 16.7 Å². The molecule has 1 aromatic carbocycles. The Balaban J connectivity index is 2.03. The monoisotopic (exact) mass is 262 g/mol. The van der Waals surface area contributed by atoms with E-state index in [-0.39, 0.29) is 0 Å². The van der Waals surface area contributed by atoms with Gasteiger partial charge in [0.25, 0.3) is 0 Å². The maximum Gasteiger partial charge on any atom is 0.122 e. The van der Waals surface area contributed by atoms with E-state index in [0.29, 0.717) is 5.69 Å². The average molecular weight is 262 g/mol. The van der Waals surface area contributed by atoms with Gasteiger partial charge in [0.1, 0.15) is 5.75 Å². The molecular formula is C14H18N2OS. The Morgan fingerprint density at radius 2 is 2.00 bits per heavy atom. The molecular weight excluding hydrogens is 244 g/mol. The third-order valence-electron chi connectivity index (χ3n) is 2.70. The fourth-order valence-electron chi connectivity index (χ4n) is 1.74. The van der Waals surface area contributed by atoms with Crippen molar-refractivity contribution in [3.8, 4) is 5.75 Å². The predicted molar refractivity (Wildman–Crippen MR) is 78.4 cm³/mol. The molecule has 0 aliphatic carbocycles. The third kappa shape index (κ3) is 3.17. The van der Waals surface area contributed by atoms with Crippen LogP contribution in [0.2, 0.25) is 0 Å². The minimum absolute atomic E-state index is 0.706. The molecule has 0 aliphatic heterocycles. The summed E-state index contributed by atoms with van der Waals surface area (Å²) in [7, 11) is 1.64. The maximum absolute atomic E-state index is 5.81. The van der Waals surface area contributed by atoms with Crippen LogP contribution in [0.15, 0.2) is 30.3 Å². The first-order chi connectivity index (χ1) is 8.71. The van der Waals surface area contributed by atoms with Crippen molar-refractivity contribution in [3.63, 3.8) is 0 Å². The molecule has 0 bridgehead atoms. The van der Waals surface area contributed by atoms with Gasteiger partial charge < -0.3 is 15.8 Å². The van der Waals surface area contributed by atoms with E-state index < -0.39 is 0 Å². The van der Waals surface area contributed by atoms with E-state index in [1.165, 1.54) is 9.75 Å². The van der Waals surface area contributed by atoms with Gasteiger partial charge in [-0.05, 0) is 24.6 Å². The number of nitrogen functional groups attached to an aromatic ring is 1. The molecule has 2 rings (SSSR count). The second-order valence-corrected chi connectivity index (χ2v) is 5.32. The van der Waals surface area contributed by atoms with Gasteiger partial charge in [-0.15, -0.1) is 11.3 Å². The zero-order valence-corrected chi connectivity index (χ0v) is 11.5. The van der Waals surface area contributed by atoms with E-state index in [1.807, 2.05) is 29.5 Å². The van der Waals surface area contributed by atoms with Gasteiger partial charge >= 0.3 is 0 Å². The molecule has 96 valence electrons. The summed E-state index contributed by atoms with van der Waals surface area (Å²) in [6.45, 7) is 2.99. The van der Waals surface area contributed by atoms with Crippen molar-refractivity contribution in [2.24, 2.45) is 0 Å². The highest BCUT2D eigenvalue weighted by molar-refractivity contribution is 7.12. The lowest BCUT2D eigenvalue weighted by molar-refractivity contribution is 0.415. The molecule has 3 N–H and O–H groups in total.